The van der Waals surface area contributed by atoms with Crippen LogP contribution >= 0.6 is 0 Å². The molecule has 2 heterocycles. The van der Waals surface area contributed by atoms with E-state index in [1.165, 1.54) is 6.07 Å². The van der Waals surface area contributed by atoms with Crippen LogP contribution in [0.3, 0.4) is 0 Å². The minimum Gasteiger partial charge on any atom is -0.493 e. The maximum atomic E-state index is 12.6. The van der Waals surface area contributed by atoms with Crippen LogP contribution in [0.15, 0.2) is 42.5 Å². The van der Waals surface area contributed by atoms with Gasteiger partial charge in [0, 0.05) is 24.6 Å². The maximum Gasteiger partial charge on any atom is 0.293 e. The molecule has 1 aliphatic rings. The van der Waals surface area contributed by atoms with E-state index in [9.17, 15) is 14.9 Å². The van der Waals surface area contributed by atoms with Crippen LogP contribution in [0.1, 0.15) is 28.9 Å². The molecule has 1 aliphatic heterocycles. The first-order valence-corrected chi connectivity index (χ1v) is 10.0. The van der Waals surface area contributed by atoms with Crippen molar-refractivity contribution in [2.45, 2.75) is 25.5 Å². The zero-order valence-corrected chi connectivity index (χ0v) is 17.1. The number of rotatable bonds is 8. The Morgan fingerprint density at radius 1 is 1.29 bits per heavy atom. The Balaban J connectivity index is 1.41. The van der Waals surface area contributed by atoms with Crippen molar-refractivity contribution in [3.05, 3.63) is 63.8 Å². The molecule has 9 heteroatoms. The SMILES string of the molecule is COc1cc(CNC(=O)c2cc3cccc([N+](=O)[O-])c3[nH]2)ccc1OC[C@@H]1CCCO1. The van der Waals surface area contributed by atoms with Crippen LogP contribution < -0.4 is 14.8 Å². The number of nitrogens with one attached hydrogen (secondary N) is 2. The molecule has 0 spiro atoms. The maximum absolute atomic E-state index is 12.6. The highest BCUT2D eigenvalue weighted by atomic mass is 16.6. The van der Waals surface area contributed by atoms with Crippen molar-refractivity contribution in [2.24, 2.45) is 0 Å². The molecule has 0 radical (unpaired) electrons. The molecular weight excluding hydrogens is 402 g/mol. The van der Waals surface area contributed by atoms with Crippen molar-refractivity contribution in [3.8, 4) is 11.5 Å². The van der Waals surface area contributed by atoms with Crippen LogP contribution in [0.4, 0.5) is 5.69 Å². The predicted octanol–water partition coefficient (Wildman–Crippen LogP) is 3.57. The molecule has 1 atom stereocenters. The number of non-ortho nitro benzene ring substituents is 1. The van der Waals surface area contributed by atoms with Gasteiger partial charge in [0.1, 0.15) is 17.8 Å². The number of methoxy groups -OCH3 is 1. The number of hydrogen-bond donors (Lipinski definition) is 2. The summed E-state index contributed by atoms with van der Waals surface area (Å²) in [5, 5.41) is 14.6. The van der Waals surface area contributed by atoms with Crippen molar-refractivity contribution in [1.29, 1.82) is 0 Å². The van der Waals surface area contributed by atoms with Gasteiger partial charge in [-0.2, -0.15) is 0 Å². The van der Waals surface area contributed by atoms with E-state index in [0.717, 1.165) is 25.0 Å². The van der Waals surface area contributed by atoms with Gasteiger partial charge in [-0.05, 0) is 36.6 Å². The van der Waals surface area contributed by atoms with Crippen molar-refractivity contribution in [2.75, 3.05) is 20.3 Å². The molecule has 1 amide bonds. The second kappa shape index (κ2) is 9.05. The number of benzene rings is 2. The molecule has 0 bridgehead atoms. The Morgan fingerprint density at radius 3 is 2.90 bits per heavy atom. The Morgan fingerprint density at radius 2 is 2.16 bits per heavy atom. The number of carbonyl (C=O) groups is 1. The van der Waals surface area contributed by atoms with Crippen molar-refractivity contribution < 1.29 is 23.9 Å². The van der Waals surface area contributed by atoms with Gasteiger partial charge < -0.3 is 24.5 Å². The van der Waals surface area contributed by atoms with E-state index >= 15 is 0 Å². The Labute approximate surface area is 178 Å². The highest BCUT2D eigenvalue weighted by Gasteiger charge is 2.18. The van der Waals surface area contributed by atoms with E-state index < -0.39 is 4.92 Å². The second-order valence-corrected chi connectivity index (χ2v) is 7.30. The summed E-state index contributed by atoms with van der Waals surface area (Å²) in [6.07, 6.45) is 2.15. The van der Waals surface area contributed by atoms with Gasteiger partial charge in [0.15, 0.2) is 11.5 Å². The van der Waals surface area contributed by atoms with Gasteiger partial charge in [-0.1, -0.05) is 18.2 Å². The number of para-hydroxylation sites is 1. The van der Waals surface area contributed by atoms with Crippen LogP contribution in [-0.2, 0) is 11.3 Å². The van der Waals surface area contributed by atoms with Gasteiger partial charge >= 0.3 is 0 Å². The average molecular weight is 425 g/mol. The molecular formula is C22H23N3O6. The molecule has 1 aromatic heterocycles. The zero-order valence-electron chi connectivity index (χ0n) is 17.1. The largest absolute Gasteiger partial charge is 0.493 e. The summed E-state index contributed by atoms with van der Waals surface area (Å²) in [5.74, 6) is 0.838. The first-order chi connectivity index (χ1) is 15.0. The highest BCUT2D eigenvalue weighted by molar-refractivity contribution is 6.00. The molecule has 31 heavy (non-hydrogen) atoms. The first kappa shape index (κ1) is 20.7. The third-order valence-electron chi connectivity index (χ3n) is 5.21. The highest BCUT2D eigenvalue weighted by Crippen LogP contribution is 2.29. The summed E-state index contributed by atoms with van der Waals surface area (Å²) in [4.78, 5) is 26.1. The van der Waals surface area contributed by atoms with E-state index in [4.69, 9.17) is 14.2 Å². The molecule has 4 rings (SSSR count). The van der Waals surface area contributed by atoms with E-state index in [2.05, 4.69) is 10.3 Å². The van der Waals surface area contributed by atoms with E-state index in [1.54, 1.807) is 31.4 Å². The average Bonchev–Trinajstić information content (AvgIpc) is 3.45. The number of fused-ring (bicyclic) bond motifs is 1. The number of H-pyrrole nitrogens is 1. The monoisotopic (exact) mass is 425 g/mol. The lowest BCUT2D eigenvalue weighted by Gasteiger charge is -2.15. The molecule has 0 saturated carbocycles. The summed E-state index contributed by atoms with van der Waals surface area (Å²) in [6, 6.07) is 11.8. The smallest absolute Gasteiger partial charge is 0.293 e. The fourth-order valence-corrected chi connectivity index (χ4v) is 3.59. The van der Waals surface area contributed by atoms with Crippen LogP contribution in [-0.4, -0.2) is 42.2 Å². The van der Waals surface area contributed by atoms with Gasteiger partial charge in [0.2, 0.25) is 0 Å². The number of hydrogen-bond acceptors (Lipinski definition) is 6. The third kappa shape index (κ3) is 4.61. The standard InChI is InChI=1S/C22H23N3O6/c1-29-20-10-14(7-8-19(20)31-13-16-5-3-9-30-16)12-23-22(26)17-11-15-4-2-6-18(25(27)28)21(15)24-17/h2,4,6-8,10-11,16,24H,3,5,9,12-13H2,1H3,(H,23,26)/t16-/m0/s1. The lowest BCUT2D eigenvalue weighted by atomic mass is 10.2. The lowest BCUT2D eigenvalue weighted by Crippen LogP contribution is -2.23. The summed E-state index contributed by atoms with van der Waals surface area (Å²) < 4.78 is 16.8. The summed E-state index contributed by atoms with van der Waals surface area (Å²) >= 11 is 0. The number of amides is 1. The second-order valence-electron chi connectivity index (χ2n) is 7.30. The summed E-state index contributed by atoms with van der Waals surface area (Å²) in [5.41, 5.74) is 1.34. The fourth-order valence-electron chi connectivity index (χ4n) is 3.59. The number of aromatic nitrogens is 1. The number of aromatic amines is 1. The zero-order chi connectivity index (χ0) is 21.8. The van der Waals surface area contributed by atoms with E-state index in [-0.39, 0.29) is 29.9 Å². The van der Waals surface area contributed by atoms with Gasteiger partial charge in [-0.25, -0.2) is 0 Å². The van der Waals surface area contributed by atoms with Crippen LogP contribution in [0.5, 0.6) is 11.5 Å². The molecule has 0 aliphatic carbocycles. The summed E-state index contributed by atoms with van der Waals surface area (Å²) in [7, 11) is 1.56. The molecule has 0 unspecified atom stereocenters. The van der Waals surface area contributed by atoms with Crippen LogP contribution in [0, 0.1) is 10.1 Å². The van der Waals surface area contributed by atoms with Gasteiger partial charge in [0.05, 0.1) is 18.1 Å². The molecule has 9 nitrogen and oxygen atoms in total. The topological polar surface area (TPSA) is 116 Å². The van der Waals surface area contributed by atoms with Gasteiger partial charge in [-0.3, -0.25) is 14.9 Å². The Hall–Kier alpha value is -3.59. The van der Waals surface area contributed by atoms with Crippen molar-refractivity contribution >= 4 is 22.5 Å². The number of nitrogens with zero attached hydrogens (tertiary/aromatic N) is 1. The third-order valence-corrected chi connectivity index (χ3v) is 5.21. The Kier molecular flexibility index (Phi) is 6.03. The van der Waals surface area contributed by atoms with Crippen LogP contribution in [0.2, 0.25) is 0 Å². The summed E-state index contributed by atoms with van der Waals surface area (Å²) in [6.45, 7) is 1.51. The van der Waals surface area contributed by atoms with Gasteiger partial charge in [-0.15, -0.1) is 0 Å². The molecule has 2 aromatic carbocycles. The van der Waals surface area contributed by atoms with E-state index in [1.807, 2.05) is 12.1 Å². The molecule has 1 saturated heterocycles. The lowest BCUT2D eigenvalue weighted by molar-refractivity contribution is -0.383. The number of ether oxygens (including phenoxy) is 3. The van der Waals surface area contributed by atoms with Gasteiger partial charge in [0.25, 0.3) is 11.6 Å². The number of carbonyl (C=O) groups excluding carboxylic acids is 1. The minimum absolute atomic E-state index is 0.0696. The fraction of sp³-hybridized carbons (Fsp3) is 0.318. The first-order valence-electron chi connectivity index (χ1n) is 10.0. The van der Waals surface area contributed by atoms with Crippen molar-refractivity contribution in [3.63, 3.8) is 0 Å². The van der Waals surface area contributed by atoms with Crippen molar-refractivity contribution in [1.82, 2.24) is 10.3 Å². The predicted molar refractivity (Wildman–Crippen MR) is 114 cm³/mol. The molecule has 162 valence electrons. The van der Waals surface area contributed by atoms with Crippen LogP contribution in [0.25, 0.3) is 10.9 Å². The van der Waals surface area contributed by atoms with E-state index in [0.29, 0.717) is 29.0 Å². The number of nitro groups is 1. The normalized spacial score (nSPS) is 15.7. The number of nitro benzene ring substituents is 1. The molecule has 1 fully saturated rings. The Bertz CT molecular complexity index is 1100. The molecule has 2 N–H and O–H groups in total. The quantitative estimate of drug-likeness (QED) is 0.421. The molecule has 3 aromatic rings. The minimum atomic E-state index is -0.477.